The van der Waals surface area contributed by atoms with Crippen LogP contribution in [-0.4, -0.2) is 37.7 Å². The summed E-state index contributed by atoms with van der Waals surface area (Å²) < 4.78 is 1.90. The van der Waals surface area contributed by atoms with Gasteiger partial charge in [-0.3, -0.25) is 19.5 Å². The predicted octanol–water partition coefficient (Wildman–Crippen LogP) is 1.30. The van der Waals surface area contributed by atoms with E-state index in [-0.39, 0.29) is 0 Å². The molecule has 1 saturated heterocycles. The second-order valence-corrected chi connectivity index (χ2v) is 5.15. The van der Waals surface area contributed by atoms with Crippen LogP contribution in [0.15, 0.2) is 24.8 Å². The van der Waals surface area contributed by atoms with Gasteiger partial charge in [-0.1, -0.05) is 0 Å². The molecule has 0 aliphatic carbocycles. The van der Waals surface area contributed by atoms with E-state index in [0.29, 0.717) is 11.6 Å². The largest absolute Gasteiger partial charge is 0.295 e. The van der Waals surface area contributed by atoms with Gasteiger partial charge < -0.3 is 0 Å². The van der Waals surface area contributed by atoms with Crippen molar-refractivity contribution in [2.75, 3.05) is 13.1 Å². The first-order valence-electron chi connectivity index (χ1n) is 6.69. The molecule has 6 heteroatoms. The Labute approximate surface area is 117 Å². The highest BCUT2D eigenvalue weighted by molar-refractivity contribution is 5.22. The van der Waals surface area contributed by atoms with E-state index in [0.717, 1.165) is 37.4 Å². The molecular formula is C14H16N6. The van der Waals surface area contributed by atoms with Crippen LogP contribution in [0.1, 0.15) is 29.4 Å². The molecule has 2 aromatic rings. The number of nitriles is 1. The van der Waals surface area contributed by atoms with Crippen LogP contribution in [0.3, 0.4) is 0 Å². The van der Waals surface area contributed by atoms with E-state index in [2.05, 4.69) is 26.0 Å². The summed E-state index contributed by atoms with van der Waals surface area (Å²) in [5, 5.41) is 13.1. The van der Waals surface area contributed by atoms with Crippen LogP contribution in [0.5, 0.6) is 0 Å². The normalized spacial score (nSPS) is 19.1. The first-order valence-corrected chi connectivity index (χ1v) is 6.69. The molecule has 1 unspecified atom stereocenters. The van der Waals surface area contributed by atoms with E-state index < -0.39 is 0 Å². The van der Waals surface area contributed by atoms with E-state index >= 15 is 0 Å². The Morgan fingerprint density at radius 1 is 1.40 bits per heavy atom. The maximum atomic E-state index is 8.84. The minimum atomic E-state index is 0.342. The van der Waals surface area contributed by atoms with E-state index in [1.165, 1.54) is 0 Å². The summed E-state index contributed by atoms with van der Waals surface area (Å²) in [4.78, 5) is 11.0. The zero-order chi connectivity index (χ0) is 13.9. The van der Waals surface area contributed by atoms with Gasteiger partial charge in [0.1, 0.15) is 6.07 Å². The molecule has 102 valence electrons. The van der Waals surface area contributed by atoms with Crippen molar-refractivity contribution in [1.82, 2.24) is 24.6 Å². The summed E-state index contributed by atoms with van der Waals surface area (Å²) in [6.45, 7) is 4.72. The van der Waals surface area contributed by atoms with Gasteiger partial charge in [-0.2, -0.15) is 10.4 Å². The molecular weight excluding hydrogens is 252 g/mol. The van der Waals surface area contributed by atoms with Crippen molar-refractivity contribution in [3.63, 3.8) is 0 Å². The van der Waals surface area contributed by atoms with Crippen LogP contribution in [-0.2, 0) is 6.54 Å². The Balaban J connectivity index is 1.63. The summed E-state index contributed by atoms with van der Waals surface area (Å²) in [6.07, 6.45) is 8.08. The van der Waals surface area contributed by atoms with E-state index in [4.69, 9.17) is 5.26 Å². The molecule has 1 aliphatic rings. The molecule has 0 spiro atoms. The highest BCUT2D eigenvalue weighted by Crippen LogP contribution is 2.22. The third-order valence-electron chi connectivity index (χ3n) is 3.54. The summed E-state index contributed by atoms with van der Waals surface area (Å²) >= 11 is 0. The topological polar surface area (TPSA) is 70.6 Å². The van der Waals surface area contributed by atoms with Gasteiger partial charge in [-0.25, -0.2) is 0 Å². The molecule has 0 amide bonds. The van der Waals surface area contributed by atoms with Crippen LogP contribution in [0.2, 0.25) is 0 Å². The van der Waals surface area contributed by atoms with Gasteiger partial charge in [0.2, 0.25) is 0 Å². The Morgan fingerprint density at radius 2 is 2.30 bits per heavy atom. The zero-order valence-electron chi connectivity index (χ0n) is 11.4. The summed E-state index contributed by atoms with van der Waals surface area (Å²) in [6, 6.07) is 2.46. The lowest BCUT2D eigenvalue weighted by molar-refractivity contribution is 0.307. The fourth-order valence-corrected chi connectivity index (χ4v) is 2.59. The highest BCUT2D eigenvalue weighted by atomic mass is 15.3. The summed E-state index contributed by atoms with van der Waals surface area (Å²) in [5.74, 6) is 0. The maximum absolute atomic E-state index is 8.84. The molecule has 3 rings (SSSR count). The molecule has 1 atom stereocenters. The second kappa shape index (κ2) is 5.39. The minimum absolute atomic E-state index is 0.342. The van der Waals surface area contributed by atoms with Crippen LogP contribution in [0, 0.1) is 18.3 Å². The number of aromatic nitrogens is 4. The Kier molecular flexibility index (Phi) is 3.44. The van der Waals surface area contributed by atoms with Crippen LogP contribution >= 0.6 is 0 Å². The SMILES string of the molecule is Cc1cncc(CN2CCC(n3cc(C#N)cn3)C2)n1. The number of nitrogens with zero attached hydrogens (tertiary/aromatic N) is 6. The van der Waals surface area contributed by atoms with Gasteiger partial charge in [0, 0.05) is 38.2 Å². The average Bonchev–Trinajstić information content (AvgIpc) is 3.07. The van der Waals surface area contributed by atoms with Gasteiger partial charge in [0.15, 0.2) is 0 Å². The number of aryl methyl sites for hydroxylation is 1. The number of likely N-dealkylation sites (tertiary alicyclic amines) is 1. The molecule has 6 nitrogen and oxygen atoms in total. The third-order valence-corrected chi connectivity index (χ3v) is 3.54. The van der Waals surface area contributed by atoms with Crippen molar-refractivity contribution in [3.8, 4) is 6.07 Å². The van der Waals surface area contributed by atoms with Gasteiger partial charge in [0.05, 0.1) is 29.2 Å². The summed E-state index contributed by atoms with van der Waals surface area (Å²) in [5.41, 5.74) is 2.57. The fourth-order valence-electron chi connectivity index (χ4n) is 2.59. The minimum Gasteiger partial charge on any atom is -0.295 e. The van der Waals surface area contributed by atoms with Crippen molar-refractivity contribution in [3.05, 3.63) is 41.7 Å². The van der Waals surface area contributed by atoms with E-state index in [1.54, 1.807) is 12.4 Å². The van der Waals surface area contributed by atoms with Crippen molar-refractivity contribution >= 4 is 0 Å². The molecule has 1 aliphatic heterocycles. The molecule has 0 aromatic carbocycles. The maximum Gasteiger partial charge on any atom is 0.102 e. The molecule has 1 fully saturated rings. The Hall–Kier alpha value is -2.26. The monoisotopic (exact) mass is 268 g/mol. The molecule has 2 aromatic heterocycles. The standard InChI is InChI=1S/C14H16N6/c1-11-5-16-7-13(18-11)9-19-3-2-14(10-19)20-8-12(4-15)6-17-20/h5-8,14H,2-3,9-10H2,1H3. The first-order chi connectivity index (χ1) is 9.74. The molecule has 20 heavy (non-hydrogen) atoms. The van der Waals surface area contributed by atoms with Crippen LogP contribution in [0.25, 0.3) is 0 Å². The molecule has 3 heterocycles. The van der Waals surface area contributed by atoms with Gasteiger partial charge >= 0.3 is 0 Å². The van der Waals surface area contributed by atoms with E-state index in [9.17, 15) is 0 Å². The predicted molar refractivity (Wildman–Crippen MR) is 72.6 cm³/mol. The van der Waals surface area contributed by atoms with Gasteiger partial charge in [-0.05, 0) is 13.3 Å². The Morgan fingerprint density at radius 3 is 3.05 bits per heavy atom. The van der Waals surface area contributed by atoms with Crippen molar-refractivity contribution in [2.45, 2.75) is 25.9 Å². The Bertz CT molecular complexity index is 641. The lowest BCUT2D eigenvalue weighted by Gasteiger charge is -2.15. The zero-order valence-corrected chi connectivity index (χ0v) is 11.4. The number of hydrogen-bond acceptors (Lipinski definition) is 5. The first kappa shape index (κ1) is 12.8. The fraction of sp³-hybridized carbons (Fsp3) is 0.429. The van der Waals surface area contributed by atoms with E-state index in [1.807, 2.05) is 24.0 Å². The molecule has 0 N–H and O–H groups in total. The lowest BCUT2D eigenvalue weighted by atomic mass is 10.3. The van der Waals surface area contributed by atoms with Crippen molar-refractivity contribution < 1.29 is 0 Å². The molecule has 0 bridgehead atoms. The summed E-state index contributed by atoms with van der Waals surface area (Å²) in [7, 11) is 0. The van der Waals surface area contributed by atoms with Crippen molar-refractivity contribution in [2.24, 2.45) is 0 Å². The smallest absolute Gasteiger partial charge is 0.102 e. The lowest BCUT2D eigenvalue weighted by Crippen LogP contribution is -2.22. The van der Waals surface area contributed by atoms with Gasteiger partial charge in [0.25, 0.3) is 0 Å². The highest BCUT2D eigenvalue weighted by Gasteiger charge is 2.24. The second-order valence-electron chi connectivity index (χ2n) is 5.15. The quantitative estimate of drug-likeness (QED) is 0.839. The average molecular weight is 268 g/mol. The molecule has 0 radical (unpaired) electrons. The number of hydrogen-bond donors (Lipinski definition) is 0. The van der Waals surface area contributed by atoms with Crippen molar-refractivity contribution in [1.29, 1.82) is 5.26 Å². The van der Waals surface area contributed by atoms with Crippen LogP contribution < -0.4 is 0 Å². The van der Waals surface area contributed by atoms with Crippen LogP contribution in [0.4, 0.5) is 0 Å². The van der Waals surface area contributed by atoms with Gasteiger partial charge in [-0.15, -0.1) is 0 Å². The third kappa shape index (κ3) is 2.68. The number of rotatable bonds is 3. The molecule has 0 saturated carbocycles.